The quantitative estimate of drug-likeness (QED) is 0.900. The van der Waals surface area contributed by atoms with Gasteiger partial charge in [-0.3, -0.25) is 4.79 Å². The van der Waals surface area contributed by atoms with Crippen LogP contribution in [0.15, 0.2) is 40.9 Å². The van der Waals surface area contributed by atoms with Crippen molar-refractivity contribution in [3.05, 3.63) is 69.2 Å². The van der Waals surface area contributed by atoms with Crippen molar-refractivity contribution in [1.29, 1.82) is 0 Å². The summed E-state index contributed by atoms with van der Waals surface area (Å²) >= 11 is 3.36. The molecule has 0 aromatic heterocycles. The Kier molecular flexibility index (Phi) is 4.49. The summed E-state index contributed by atoms with van der Waals surface area (Å²) in [6.07, 6.45) is 0. The molecule has 1 amide bonds. The van der Waals surface area contributed by atoms with E-state index < -0.39 is 11.6 Å². The topological polar surface area (TPSA) is 29.1 Å². The van der Waals surface area contributed by atoms with Crippen molar-refractivity contribution in [3.8, 4) is 0 Å². The molecule has 0 atom stereocenters. The number of amides is 1. The van der Waals surface area contributed by atoms with E-state index in [1.165, 1.54) is 6.07 Å². The van der Waals surface area contributed by atoms with Gasteiger partial charge in [-0.15, -0.1) is 0 Å². The van der Waals surface area contributed by atoms with E-state index in [4.69, 9.17) is 0 Å². The van der Waals surface area contributed by atoms with Crippen LogP contribution in [-0.4, -0.2) is 5.91 Å². The molecule has 0 heterocycles. The largest absolute Gasteiger partial charge is 0.348 e. The second-order valence-electron chi connectivity index (χ2n) is 4.34. The van der Waals surface area contributed by atoms with Gasteiger partial charge in [0.1, 0.15) is 0 Å². The van der Waals surface area contributed by atoms with Gasteiger partial charge < -0.3 is 5.32 Å². The van der Waals surface area contributed by atoms with Crippen LogP contribution in [0.5, 0.6) is 0 Å². The summed E-state index contributed by atoms with van der Waals surface area (Å²) in [6.45, 7) is 1.97. The molecule has 0 bridgehead atoms. The van der Waals surface area contributed by atoms with Crippen molar-refractivity contribution in [2.45, 2.75) is 13.5 Å². The Bertz CT molecular complexity index is 658. The molecule has 0 aliphatic rings. The smallest absolute Gasteiger partial charge is 0.251 e. The van der Waals surface area contributed by atoms with Crippen LogP contribution < -0.4 is 5.32 Å². The fraction of sp³-hybridized carbons (Fsp3) is 0.133. The first-order valence-corrected chi connectivity index (χ1v) is 6.75. The van der Waals surface area contributed by atoms with E-state index in [1.807, 2.05) is 13.0 Å². The number of nitrogens with one attached hydrogen (secondary N) is 1. The van der Waals surface area contributed by atoms with Crippen molar-refractivity contribution in [2.75, 3.05) is 0 Å². The number of benzene rings is 2. The van der Waals surface area contributed by atoms with Crippen LogP contribution in [0, 0.1) is 18.6 Å². The highest BCUT2D eigenvalue weighted by atomic mass is 79.9. The Morgan fingerprint density at radius 1 is 1.20 bits per heavy atom. The molecule has 104 valence electrons. The maximum absolute atomic E-state index is 13.0. The second kappa shape index (κ2) is 6.13. The normalized spacial score (nSPS) is 10.4. The summed E-state index contributed by atoms with van der Waals surface area (Å²) < 4.78 is 26.7. The van der Waals surface area contributed by atoms with Crippen molar-refractivity contribution < 1.29 is 13.6 Å². The second-order valence-corrected chi connectivity index (χ2v) is 5.20. The van der Waals surface area contributed by atoms with Gasteiger partial charge in [-0.05, 0) is 42.3 Å². The number of carbonyl (C=O) groups is 1. The molecule has 0 fully saturated rings. The number of hydrogen-bond acceptors (Lipinski definition) is 1. The third-order valence-electron chi connectivity index (χ3n) is 2.95. The highest BCUT2D eigenvalue weighted by Gasteiger charge is 2.10. The van der Waals surface area contributed by atoms with Crippen LogP contribution in [0.1, 0.15) is 21.5 Å². The van der Waals surface area contributed by atoms with Crippen LogP contribution in [-0.2, 0) is 6.54 Å². The van der Waals surface area contributed by atoms with Crippen molar-refractivity contribution >= 4 is 21.8 Å². The summed E-state index contributed by atoms with van der Waals surface area (Å²) in [5, 5.41) is 2.68. The van der Waals surface area contributed by atoms with E-state index in [0.717, 1.165) is 22.2 Å². The predicted octanol–water partition coefficient (Wildman–Crippen LogP) is 3.97. The first kappa shape index (κ1) is 14.7. The SMILES string of the molecule is Cc1c(Br)cccc1C(=O)NCc1ccc(F)c(F)c1. The van der Waals surface area contributed by atoms with Gasteiger partial charge in [0.15, 0.2) is 11.6 Å². The first-order valence-electron chi connectivity index (χ1n) is 5.96. The van der Waals surface area contributed by atoms with E-state index in [9.17, 15) is 13.6 Å². The number of halogens is 3. The zero-order valence-electron chi connectivity index (χ0n) is 10.7. The average molecular weight is 340 g/mol. The van der Waals surface area contributed by atoms with E-state index in [2.05, 4.69) is 21.2 Å². The van der Waals surface area contributed by atoms with Crippen LogP contribution in [0.25, 0.3) is 0 Å². The van der Waals surface area contributed by atoms with Crippen molar-refractivity contribution in [1.82, 2.24) is 5.32 Å². The van der Waals surface area contributed by atoms with Crippen LogP contribution in [0.4, 0.5) is 8.78 Å². The molecule has 0 aliphatic heterocycles. The lowest BCUT2D eigenvalue weighted by Gasteiger charge is -2.09. The van der Waals surface area contributed by atoms with Gasteiger partial charge in [0, 0.05) is 16.6 Å². The fourth-order valence-corrected chi connectivity index (χ4v) is 2.15. The van der Waals surface area contributed by atoms with Gasteiger partial charge in [0.05, 0.1) is 0 Å². The number of hydrogen-bond donors (Lipinski definition) is 1. The molecule has 5 heteroatoms. The molecule has 1 N–H and O–H groups in total. The number of carbonyl (C=O) groups excluding carboxylic acids is 1. The lowest BCUT2D eigenvalue weighted by Crippen LogP contribution is -2.23. The molecule has 0 spiro atoms. The van der Waals surface area contributed by atoms with Crippen molar-refractivity contribution in [2.24, 2.45) is 0 Å². The maximum atomic E-state index is 13.0. The Labute approximate surface area is 123 Å². The van der Waals surface area contributed by atoms with E-state index in [0.29, 0.717) is 11.1 Å². The van der Waals surface area contributed by atoms with E-state index in [1.54, 1.807) is 12.1 Å². The van der Waals surface area contributed by atoms with Gasteiger partial charge in [0.2, 0.25) is 0 Å². The Hall–Kier alpha value is -1.75. The monoisotopic (exact) mass is 339 g/mol. The third-order valence-corrected chi connectivity index (χ3v) is 3.81. The van der Waals surface area contributed by atoms with Gasteiger partial charge in [-0.1, -0.05) is 28.1 Å². The molecule has 2 aromatic rings. The van der Waals surface area contributed by atoms with E-state index >= 15 is 0 Å². The predicted molar refractivity (Wildman–Crippen MR) is 76.4 cm³/mol. The standard InChI is InChI=1S/C15H12BrF2NO/c1-9-11(3-2-4-12(9)16)15(20)19-8-10-5-6-13(17)14(18)7-10/h2-7H,8H2,1H3,(H,19,20). The van der Waals surface area contributed by atoms with Crippen LogP contribution in [0.2, 0.25) is 0 Å². The molecule has 0 unspecified atom stereocenters. The lowest BCUT2D eigenvalue weighted by atomic mass is 10.1. The Balaban J connectivity index is 2.08. The molecule has 0 saturated carbocycles. The van der Waals surface area contributed by atoms with Gasteiger partial charge in [0.25, 0.3) is 5.91 Å². The molecule has 0 aliphatic carbocycles. The first-order chi connectivity index (χ1) is 9.49. The van der Waals surface area contributed by atoms with Crippen LogP contribution >= 0.6 is 15.9 Å². The summed E-state index contributed by atoms with van der Waals surface area (Å²) in [6, 6.07) is 8.88. The minimum absolute atomic E-state index is 0.141. The lowest BCUT2D eigenvalue weighted by molar-refractivity contribution is 0.0950. The molecule has 2 nitrogen and oxygen atoms in total. The third kappa shape index (κ3) is 3.22. The highest BCUT2D eigenvalue weighted by Crippen LogP contribution is 2.19. The molecule has 2 aromatic carbocycles. The minimum atomic E-state index is -0.921. The van der Waals surface area contributed by atoms with Gasteiger partial charge in [-0.25, -0.2) is 8.78 Å². The summed E-state index contributed by atoms with van der Waals surface area (Å²) in [5.41, 5.74) is 1.88. The van der Waals surface area contributed by atoms with Gasteiger partial charge >= 0.3 is 0 Å². The molecule has 2 rings (SSSR count). The Morgan fingerprint density at radius 3 is 2.65 bits per heavy atom. The molecular weight excluding hydrogens is 328 g/mol. The maximum Gasteiger partial charge on any atom is 0.251 e. The minimum Gasteiger partial charge on any atom is -0.348 e. The van der Waals surface area contributed by atoms with E-state index in [-0.39, 0.29) is 12.5 Å². The highest BCUT2D eigenvalue weighted by molar-refractivity contribution is 9.10. The molecule has 0 saturated heterocycles. The number of rotatable bonds is 3. The average Bonchev–Trinajstić information content (AvgIpc) is 2.43. The van der Waals surface area contributed by atoms with Gasteiger partial charge in [-0.2, -0.15) is 0 Å². The molecular formula is C15H12BrF2NO. The summed E-state index contributed by atoms with van der Waals surface area (Å²) in [7, 11) is 0. The zero-order valence-corrected chi connectivity index (χ0v) is 12.3. The Morgan fingerprint density at radius 2 is 1.95 bits per heavy atom. The molecule has 20 heavy (non-hydrogen) atoms. The summed E-state index contributed by atoms with van der Waals surface area (Å²) in [5.74, 6) is -2.08. The molecule has 0 radical (unpaired) electrons. The fourth-order valence-electron chi connectivity index (χ4n) is 1.78. The summed E-state index contributed by atoms with van der Waals surface area (Å²) in [4.78, 5) is 12.0. The van der Waals surface area contributed by atoms with Crippen LogP contribution in [0.3, 0.4) is 0 Å². The van der Waals surface area contributed by atoms with Crippen molar-refractivity contribution in [3.63, 3.8) is 0 Å². The zero-order chi connectivity index (χ0) is 14.7.